The van der Waals surface area contributed by atoms with E-state index in [-0.39, 0.29) is 38.3 Å². The standard InChI is InChI=1S/C24H54NO12P3/c1-7-32-38(26,33-8-2)22-19-29-16-13-25(14-17-30-20-23-39(27,34-9-3)35-10-4)15-18-31-21-24-40(28,36-11-5)37-12-6/h7-24H2,1-6H3. The van der Waals surface area contributed by atoms with Crippen molar-refractivity contribution in [2.24, 2.45) is 0 Å². The van der Waals surface area contributed by atoms with E-state index in [2.05, 4.69) is 4.90 Å². The Kier molecular flexibility index (Phi) is 24.9. The van der Waals surface area contributed by atoms with E-state index in [1.54, 1.807) is 41.5 Å². The Morgan fingerprint density at radius 3 is 0.825 bits per heavy atom. The summed E-state index contributed by atoms with van der Waals surface area (Å²) in [6.07, 6.45) is 0.543. The lowest BCUT2D eigenvalue weighted by Gasteiger charge is -2.23. The van der Waals surface area contributed by atoms with E-state index in [9.17, 15) is 13.7 Å². The highest BCUT2D eigenvalue weighted by Crippen LogP contribution is 2.48. The van der Waals surface area contributed by atoms with Crippen LogP contribution in [0.25, 0.3) is 0 Å². The predicted octanol–water partition coefficient (Wildman–Crippen LogP) is 5.14. The lowest BCUT2D eigenvalue weighted by Crippen LogP contribution is -2.34. The first-order valence-corrected chi connectivity index (χ1v) is 19.4. The van der Waals surface area contributed by atoms with Gasteiger partial charge in [-0.05, 0) is 41.5 Å². The summed E-state index contributed by atoms with van der Waals surface area (Å²) in [5.74, 6) is 0. The van der Waals surface area contributed by atoms with Gasteiger partial charge in [0, 0.05) is 19.6 Å². The third kappa shape index (κ3) is 20.2. The van der Waals surface area contributed by atoms with Gasteiger partial charge in [0.2, 0.25) is 0 Å². The maximum absolute atomic E-state index is 12.6. The molecule has 0 fully saturated rings. The van der Waals surface area contributed by atoms with Crippen LogP contribution >= 0.6 is 22.8 Å². The molecule has 0 atom stereocenters. The summed E-state index contributed by atoms with van der Waals surface area (Å²) in [5.41, 5.74) is 0. The quantitative estimate of drug-likeness (QED) is 0.0757. The summed E-state index contributed by atoms with van der Waals surface area (Å²) < 4.78 is 86.6. The van der Waals surface area contributed by atoms with E-state index in [1.165, 1.54) is 0 Å². The summed E-state index contributed by atoms with van der Waals surface area (Å²) in [6.45, 7) is 16.1. The van der Waals surface area contributed by atoms with Gasteiger partial charge in [-0.15, -0.1) is 0 Å². The zero-order valence-corrected chi connectivity index (χ0v) is 28.1. The molecule has 0 rings (SSSR count). The van der Waals surface area contributed by atoms with Crippen LogP contribution in [0.3, 0.4) is 0 Å². The van der Waals surface area contributed by atoms with Gasteiger partial charge in [0.1, 0.15) is 0 Å². The van der Waals surface area contributed by atoms with Crippen LogP contribution in [0.2, 0.25) is 0 Å². The lowest BCUT2D eigenvalue weighted by molar-refractivity contribution is 0.0588. The molecule has 0 heterocycles. The number of ether oxygens (including phenoxy) is 3. The van der Waals surface area contributed by atoms with Gasteiger partial charge in [-0.25, -0.2) is 0 Å². The van der Waals surface area contributed by atoms with Crippen LogP contribution < -0.4 is 0 Å². The molecular weight excluding hydrogens is 587 g/mol. The molecule has 0 bridgehead atoms. The second-order valence-corrected chi connectivity index (χ2v) is 14.7. The Balaban J connectivity index is 4.70. The number of rotatable bonds is 30. The van der Waals surface area contributed by atoms with Crippen molar-refractivity contribution < 1.29 is 55.0 Å². The first kappa shape index (κ1) is 40.3. The first-order valence-electron chi connectivity index (χ1n) is 14.2. The molecule has 0 aliphatic rings. The van der Waals surface area contributed by atoms with E-state index in [0.717, 1.165) is 0 Å². The molecule has 0 N–H and O–H groups in total. The molecule has 0 unspecified atom stereocenters. The SMILES string of the molecule is CCOP(=O)(CCOCCN(CCOCCP(=O)(OCC)OCC)CCOCCP(=O)(OCC)OCC)OCC. The van der Waals surface area contributed by atoms with E-state index < -0.39 is 22.8 Å². The first-order chi connectivity index (χ1) is 19.1. The molecule has 0 spiro atoms. The average molecular weight is 642 g/mol. The largest absolute Gasteiger partial charge is 0.379 e. The van der Waals surface area contributed by atoms with Crippen molar-refractivity contribution in [1.29, 1.82) is 0 Å². The van der Waals surface area contributed by atoms with Gasteiger partial charge in [0.15, 0.2) is 0 Å². The molecule has 16 heteroatoms. The average Bonchev–Trinajstić information content (AvgIpc) is 2.88. The van der Waals surface area contributed by atoms with Gasteiger partial charge in [-0.1, -0.05) is 0 Å². The molecule has 0 aromatic carbocycles. The Morgan fingerprint density at radius 2 is 0.625 bits per heavy atom. The second-order valence-electron chi connectivity index (χ2n) is 8.19. The maximum Gasteiger partial charge on any atom is 0.332 e. The molecule has 0 amide bonds. The van der Waals surface area contributed by atoms with Crippen molar-refractivity contribution in [3.8, 4) is 0 Å². The minimum atomic E-state index is -3.15. The monoisotopic (exact) mass is 641 g/mol. The van der Waals surface area contributed by atoms with Gasteiger partial charge in [0.25, 0.3) is 0 Å². The van der Waals surface area contributed by atoms with E-state index in [4.69, 9.17) is 41.4 Å². The van der Waals surface area contributed by atoms with Crippen molar-refractivity contribution in [3.05, 3.63) is 0 Å². The third-order valence-corrected chi connectivity index (χ3v) is 11.2. The number of hydrogen-bond donors (Lipinski definition) is 0. The zero-order valence-electron chi connectivity index (χ0n) is 25.4. The van der Waals surface area contributed by atoms with Crippen molar-refractivity contribution in [2.45, 2.75) is 41.5 Å². The summed E-state index contributed by atoms with van der Waals surface area (Å²) in [4.78, 5) is 2.10. The van der Waals surface area contributed by atoms with Crippen LogP contribution in [0.1, 0.15) is 41.5 Å². The van der Waals surface area contributed by atoms with Crippen molar-refractivity contribution in [3.63, 3.8) is 0 Å². The van der Waals surface area contributed by atoms with Gasteiger partial charge < -0.3 is 41.4 Å². The number of hydrogen-bond acceptors (Lipinski definition) is 13. The zero-order chi connectivity index (χ0) is 30.2. The fraction of sp³-hybridized carbons (Fsp3) is 1.00. The van der Waals surface area contributed by atoms with E-state index in [0.29, 0.717) is 79.1 Å². The summed E-state index contributed by atoms with van der Waals surface area (Å²) >= 11 is 0. The Hall–Kier alpha value is 0.290. The third-order valence-electron chi connectivity index (χ3n) is 5.14. The molecule has 40 heavy (non-hydrogen) atoms. The fourth-order valence-electron chi connectivity index (χ4n) is 3.43. The van der Waals surface area contributed by atoms with Crippen LogP contribution in [-0.4, -0.2) is 122 Å². The molecule has 0 saturated heterocycles. The highest BCUT2D eigenvalue weighted by atomic mass is 31.2. The molecule has 0 aliphatic heterocycles. The smallest absolute Gasteiger partial charge is 0.332 e. The molecule has 242 valence electrons. The van der Waals surface area contributed by atoms with E-state index in [1.807, 2.05) is 0 Å². The maximum atomic E-state index is 12.6. The minimum Gasteiger partial charge on any atom is -0.379 e. The molecule has 0 aromatic heterocycles. The molecule has 0 radical (unpaired) electrons. The number of nitrogens with zero attached hydrogens (tertiary/aromatic N) is 1. The van der Waals surface area contributed by atoms with Crippen molar-refractivity contribution in [2.75, 3.05) is 117 Å². The predicted molar refractivity (Wildman–Crippen MR) is 156 cm³/mol. The highest BCUT2D eigenvalue weighted by molar-refractivity contribution is 7.54. The normalized spacial score (nSPS) is 13.0. The summed E-state index contributed by atoms with van der Waals surface area (Å²) in [7, 11) is -9.44. The Morgan fingerprint density at radius 1 is 0.400 bits per heavy atom. The Bertz CT molecular complexity index is 621. The molecule has 0 saturated carbocycles. The van der Waals surface area contributed by atoms with Gasteiger partial charge in [-0.2, -0.15) is 0 Å². The summed E-state index contributed by atoms with van der Waals surface area (Å²) in [5, 5.41) is 0. The highest BCUT2D eigenvalue weighted by Gasteiger charge is 2.25. The Labute approximate surface area is 241 Å². The van der Waals surface area contributed by atoms with Crippen LogP contribution in [0.5, 0.6) is 0 Å². The van der Waals surface area contributed by atoms with Gasteiger partial charge >= 0.3 is 22.8 Å². The van der Waals surface area contributed by atoms with Crippen LogP contribution in [-0.2, 0) is 55.0 Å². The van der Waals surface area contributed by atoms with Gasteiger partial charge in [0.05, 0.1) is 97.8 Å². The summed E-state index contributed by atoms with van der Waals surface area (Å²) in [6, 6.07) is 0. The minimum absolute atomic E-state index is 0.181. The van der Waals surface area contributed by atoms with E-state index >= 15 is 0 Å². The molecular formula is C24H54NO12P3. The van der Waals surface area contributed by atoms with Crippen LogP contribution in [0.4, 0.5) is 0 Å². The van der Waals surface area contributed by atoms with Crippen LogP contribution in [0, 0.1) is 0 Å². The van der Waals surface area contributed by atoms with Gasteiger partial charge in [-0.3, -0.25) is 18.6 Å². The molecule has 0 aliphatic carbocycles. The van der Waals surface area contributed by atoms with Crippen molar-refractivity contribution >= 4 is 22.8 Å². The lowest BCUT2D eigenvalue weighted by atomic mass is 10.4. The fourth-order valence-corrected chi connectivity index (χ4v) is 7.85. The second kappa shape index (κ2) is 24.7. The molecule has 0 aromatic rings. The van der Waals surface area contributed by atoms with Crippen molar-refractivity contribution in [1.82, 2.24) is 4.90 Å². The van der Waals surface area contributed by atoms with Crippen LogP contribution in [0.15, 0.2) is 0 Å². The topological polar surface area (TPSA) is 138 Å². The molecule has 13 nitrogen and oxygen atoms in total.